The van der Waals surface area contributed by atoms with Crippen LogP contribution in [0.4, 0.5) is 0 Å². The Balaban J connectivity index is 0.000000688. The van der Waals surface area contributed by atoms with Gasteiger partial charge >= 0.3 is 15.9 Å². The van der Waals surface area contributed by atoms with Gasteiger partial charge < -0.3 is 27.9 Å². The Kier molecular flexibility index (Phi) is 12.0. The molecule has 0 saturated heterocycles. The van der Waals surface area contributed by atoms with Crippen LogP contribution in [-0.2, 0) is 27.2 Å². The molecule has 8 nitrogen and oxygen atoms in total. The molecule has 1 N–H and O–H groups in total. The zero-order valence-corrected chi connectivity index (χ0v) is 16.7. The van der Waals surface area contributed by atoms with Crippen molar-refractivity contribution in [3.63, 3.8) is 0 Å². The third-order valence-electron chi connectivity index (χ3n) is 2.42. The molecule has 0 amide bonds. The maximum absolute atomic E-state index is 11.7. The molecule has 0 spiro atoms. The lowest BCUT2D eigenvalue weighted by atomic mass is 10.3. The summed E-state index contributed by atoms with van der Waals surface area (Å²) in [6.45, 7) is -0.166. The van der Waals surface area contributed by atoms with Gasteiger partial charge in [-0.05, 0) is 24.3 Å². The highest BCUT2D eigenvalue weighted by Crippen LogP contribution is 2.50. The summed E-state index contributed by atoms with van der Waals surface area (Å²) in [6, 6.07) is 7.05. The van der Waals surface area contributed by atoms with Crippen molar-refractivity contribution in [2.75, 3.05) is 35.0 Å². The average Bonchev–Trinajstić information content (AvgIpc) is 2.59. The van der Waals surface area contributed by atoms with Crippen LogP contribution in [-0.4, -0.2) is 46.0 Å². The molecular formula is C12H21BrO8P2. The highest BCUT2D eigenvalue weighted by Gasteiger charge is 2.32. The molecule has 1 rings (SSSR count). The topological polar surface area (TPSA) is 101 Å². The van der Waals surface area contributed by atoms with Gasteiger partial charge in [0.15, 0.2) is 5.85 Å². The molecule has 1 aromatic rings. The van der Waals surface area contributed by atoms with E-state index in [0.717, 1.165) is 4.47 Å². The first-order valence-corrected chi connectivity index (χ1v) is 9.85. The Hall–Kier alpha value is -0.240. The zero-order chi connectivity index (χ0) is 17.9. The van der Waals surface area contributed by atoms with Gasteiger partial charge in [-0.25, -0.2) is 0 Å². The Bertz CT molecular complexity index is 496. The molecule has 0 bridgehead atoms. The highest BCUT2D eigenvalue weighted by molar-refractivity contribution is 9.10. The van der Waals surface area contributed by atoms with Crippen LogP contribution in [0.5, 0.6) is 5.75 Å². The molecule has 0 aromatic heterocycles. The molecule has 0 aliphatic heterocycles. The zero-order valence-electron chi connectivity index (χ0n) is 13.2. The van der Waals surface area contributed by atoms with E-state index < -0.39 is 21.7 Å². The van der Waals surface area contributed by atoms with Gasteiger partial charge in [-0.2, -0.15) is 0 Å². The summed E-state index contributed by atoms with van der Waals surface area (Å²) in [7, 11) is -0.509. The first-order valence-electron chi connectivity index (χ1n) is 6.22. The van der Waals surface area contributed by atoms with Crippen molar-refractivity contribution in [3.05, 3.63) is 28.7 Å². The second-order valence-corrected chi connectivity index (χ2v) is 8.45. The second-order valence-electron chi connectivity index (χ2n) is 3.81. The number of benzene rings is 1. The Morgan fingerprint density at radius 2 is 1.61 bits per heavy atom. The summed E-state index contributed by atoms with van der Waals surface area (Å²) in [6.07, 6.45) is 0. The third kappa shape index (κ3) is 8.98. The van der Waals surface area contributed by atoms with Crippen molar-refractivity contribution >= 4 is 31.8 Å². The van der Waals surface area contributed by atoms with Crippen molar-refractivity contribution in [3.8, 4) is 5.75 Å². The van der Waals surface area contributed by atoms with Gasteiger partial charge in [0.2, 0.25) is 0 Å². The lowest BCUT2D eigenvalue weighted by Crippen LogP contribution is -2.19. The van der Waals surface area contributed by atoms with Crippen LogP contribution < -0.4 is 4.74 Å². The fourth-order valence-corrected chi connectivity index (χ4v) is 2.52. The monoisotopic (exact) mass is 434 g/mol. The minimum atomic E-state index is -3.50. The van der Waals surface area contributed by atoms with E-state index in [0.29, 0.717) is 5.75 Å². The summed E-state index contributed by atoms with van der Waals surface area (Å²) in [4.78, 5) is 0. The molecule has 0 saturated carbocycles. The van der Waals surface area contributed by atoms with Crippen LogP contribution in [0, 0.1) is 0 Å². The summed E-state index contributed by atoms with van der Waals surface area (Å²) in [5.41, 5.74) is 0. The van der Waals surface area contributed by atoms with Gasteiger partial charge in [0.05, 0.1) is 0 Å². The minimum absolute atomic E-state index is 0.166. The van der Waals surface area contributed by atoms with Crippen LogP contribution in [0.25, 0.3) is 0 Å². The van der Waals surface area contributed by atoms with Gasteiger partial charge in [-0.1, -0.05) is 15.9 Å². The summed E-state index contributed by atoms with van der Waals surface area (Å²) in [5, 5.41) is 9.64. The van der Waals surface area contributed by atoms with Gasteiger partial charge in [0, 0.05) is 32.9 Å². The Morgan fingerprint density at radius 1 is 1.13 bits per heavy atom. The minimum Gasteiger partial charge on any atom is -0.490 e. The van der Waals surface area contributed by atoms with Gasteiger partial charge in [-0.15, -0.1) is 0 Å². The smallest absolute Gasteiger partial charge is 0.361 e. The third-order valence-corrected chi connectivity index (χ3v) is 5.51. The van der Waals surface area contributed by atoms with Crippen molar-refractivity contribution in [1.82, 2.24) is 0 Å². The van der Waals surface area contributed by atoms with Crippen LogP contribution in [0.2, 0.25) is 0 Å². The molecule has 11 heteroatoms. The number of halogens is 1. The Morgan fingerprint density at radius 3 is 1.96 bits per heavy atom. The van der Waals surface area contributed by atoms with Crippen LogP contribution >= 0.6 is 31.8 Å². The van der Waals surface area contributed by atoms with E-state index in [1.165, 1.54) is 28.4 Å². The molecule has 134 valence electrons. The standard InChI is InChI=1S/C10H14BrO5P.C2H7O3P/c1-14-17(13,15-2)10(12)7-16-9-5-3-8(11)4-6-9;1-4-6(3)5-2/h3-6,10,12H,7H2,1-2H3;6H,1-2H3. The largest absolute Gasteiger partial charge is 0.490 e. The predicted octanol–water partition coefficient (Wildman–Crippen LogP) is 3.30. The van der Waals surface area contributed by atoms with E-state index in [-0.39, 0.29) is 6.61 Å². The molecule has 0 heterocycles. The number of ether oxygens (including phenoxy) is 1. The fraction of sp³-hybridized carbons (Fsp3) is 0.500. The molecule has 0 fully saturated rings. The molecule has 1 aromatic carbocycles. The van der Waals surface area contributed by atoms with E-state index >= 15 is 0 Å². The molecule has 0 aliphatic rings. The van der Waals surface area contributed by atoms with Gasteiger partial charge in [0.1, 0.15) is 12.4 Å². The summed E-state index contributed by atoms with van der Waals surface area (Å²) in [5.74, 6) is -0.757. The Labute approximate surface area is 144 Å². The summed E-state index contributed by atoms with van der Waals surface area (Å²) < 4.78 is 45.6. The molecule has 0 radical (unpaired) electrons. The molecule has 0 aliphatic carbocycles. The second kappa shape index (κ2) is 12.2. The number of aliphatic hydroxyl groups is 1. The predicted molar refractivity (Wildman–Crippen MR) is 90.3 cm³/mol. The molecule has 23 heavy (non-hydrogen) atoms. The average molecular weight is 435 g/mol. The fourth-order valence-electron chi connectivity index (χ4n) is 1.19. The van der Waals surface area contributed by atoms with E-state index in [2.05, 4.69) is 34.0 Å². The first kappa shape index (κ1) is 22.8. The van der Waals surface area contributed by atoms with Crippen molar-refractivity contribution in [2.24, 2.45) is 0 Å². The molecule has 1 unspecified atom stereocenters. The van der Waals surface area contributed by atoms with E-state index in [1.54, 1.807) is 24.3 Å². The van der Waals surface area contributed by atoms with E-state index in [1.807, 2.05) is 0 Å². The van der Waals surface area contributed by atoms with E-state index in [4.69, 9.17) is 4.74 Å². The quantitative estimate of drug-likeness (QED) is 0.621. The number of hydrogen-bond acceptors (Lipinski definition) is 8. The summed E-state index contributed by atoms with van der Waals surface area (Å²) >= 11 is 3.29. The van der Waals surface area contributed by atoms with Crippen molar-refractivity contribution in [1.29, 1.82) is 0 Å². The molecular weight excluding hydrogens is 414 g/mol. The van der Waals surface area contributed by atoms with E-state index in [9.17, 15) is 14.2 Å². The van der Waals surface area contributed by atoms with Crippen molar-refractivity contribution < 1.29 is 37.1 Å². The van der Waals surface area contributed by atoms with Crippen LogP contribution in [0.1, 0.15) is 0 Å². The van der Waals surface area contributed by atoms with Crippen LogP contribution in [0.3, 0.4) is 0 Å². The lowest BCUT2D eigenvalue weighted by Gasteiger charge is -2.19. The number of rotatable bonds is 8. The highest BCUT2D eigenvalue weighted by atomic mass is 79.9. The van der Waals surface area contributed by atoms with Crippen LogP contribution in [0.15, 0.2) is 28.7 Å². The lowest BCUT2D eigenvalue weighted by molar-refractivity contribution is 0.125. The number of aliphatic hydroxyl groups excluding tert-OH is 1. The SMILES string of the molecule is COP(=O)(OC)C(O)COc1ccc(Br)cc1.CO[PH](=O)OC. The van der Waals surface area contributed by atoms with Crippen molar-refractivity contribution in [2.45, 2.75) is 5.85 Å². The van der Waals surface area contributed by atoms with Gasteiger partial charge in [0.25, 0.3) is 0 Å². The maximum atomic E-state index is 11.7. The van der Waals surface area contributed by atoms with Gasteiger partial charge in [-0.3, -0.25) is 9.13 Å². The maximum Gasteiger partial charge on any atom is 0.361 e. The number of hydrogen-bond donors (Lipinski definition) is 1. The molecule has 1 atom stereocenters. The normalized spacial score (nSPS) is 12.5. The first-order chi connectivity index (χ1) is 10.8.